The van der Waals surface area contributed by atoms with Crippen LogP contribution >= 0.6 is 11.3 Å². The van der Waals surface area contributed by atoms with Crippen molar-refractivity contribution in [2.75, 3.05) is 42.9 Å². The lowest BCUT2D eigenvalue weighted by Crippen LogP contribution is -2.48. The van der Waals surface area contributed by atoms with Gasteiger partial charge in [0.1, 0.15) is 5.82 Å². The van der Waals surface area contributed by atoms with Gasteiger partial charge < -0.3 is 10.2 Å². The number of piperazine rings is 1. The normalized spacial score (nSPS) is 17.8. The molecule has 0 spiro atoms. The first-order chi connectivity index (χ1) is 11.8. The van der Waals surface area contributed by atoms with Crippen molar-refractivity contribution in [2.45, 2.75) is 19.3 Å². The summed E-state index contributed by atoms with van der Waals surface area (Å²) >= 11 is 1.63. The third-order valence-corrected chi connectivity index (χ3v) is 5.53. The molecule has 1 aliphatic heterocycles. The average molecular weight is 344 g/mol. The summed E-state index contributed by atoms with van der Waals surface area (Å²) in [6, 6.07) is 0. The van der Waals surface area contributed by atoms with Gasteiger partial charge in [-0.25, -0.2) is 9.97 Å². The van der Waals surface area contributed by atoms with E-state index in [1.165, 1.54) is 17.0 Å². The summed E-state index contributed by atoms with van der Waals surface area (Å²) < 4.78 is 0. The number of nitrogens with zero attached hydrogens (tertiary/aromatic N) is 5. The van der Waals surface area contributed by atoms with Crippen molar-refractivity contribution in [1.82, 2.24) is 19.9 Å². The number of fused-ring (bicyclic) bond motifs is 1. The Morgan fingerprint density at radius 2 is 2.08 bits per heavy atom. The Morgan fingerprint density at radius 1 is 1.21 bits per heavy atom. The van der Waals surface area contributed by atoms with Crippen molar-refractivity contribution in [3.8, 4) is 0 Å². The number of rotatable bonds is 4. The Morgan fingerprint density at radius 3 is 2.83 bits per heavy atom. The summed E-state index contributed by atoms with van der Waals surface area (Å²) in [5.41, 5.74) is 1.17. The maximum absolute atomic E-state index is 12.2. The van der Waals surface area contributed by atoms with E-state index in [1.54, 1.807) is 29.9 Å². The zero-order valence-corrected chi connectivity index (χ0v) is 14.3. The SMILES string of the molecule is O=C(CN1CCN(c2cnccn2)CC1)Nc1nc2c(s1)CCC2. The quantitative estimate of drug-likeness (QED) is 0.898. The highest BCUT2D eigenvalue weighted by Crippen LogP contribution is 2.30. The Hall–Kier alpha value is -2.06. The summed E-state index contributed by atoms with van der Waals surface area (Å²) in [6.45, 7) is 3.82. The van der Waals surface area contributed by atoms with Gasteiger partial charge in [0.25, 0.3) is 0 Å². The lowest BCUT2D eigenvalue weighted by Gasteiger charge is -2.34. The van der Waals surface area contributed by atoms with E-state index in [1.807, 2.05) is 0 Å². The van der Waals surface area contributed by atoms with E-state index in [2.05, 4.69) is 30.1 Å². The van der Waals surface area contributed by atoms with Crippen molar-refractivity contribution in [1.29, 1.82) is 0 Å². The maximum atomic E-state index is 12.2. The number of carbonyl (C=O) groups is 1. The molecule has 1 fully saturated rings. The van der Waals surface area contributed by atoms with E-state index >= 15 is 0 Å². The van der Waals surface area contributed by atoms with Crippen LogP contribution in [0, 0.1) is 0 Å². The lowest BCUT2D eigenvalue weighted by atomic mass is 10.3. The zero-order chi connectivity index (χ0) is 16.4. The monoisotopic (exact) mass is 344 g/mol. The summed E-state index contributed by atoms with van der Waals surface area (Å²) in [5.74, 6) is 0.925. The van der Waals surface area contributed by atoms with Crippen LogP contribution in [-0.4, -0.2) is 58.5 Å². The molecule has 1 saturated heterocycles. The predicted octanol–water partition coefficient (Wildman–Crippen LogP) is 1.18. The van der Waals surface area contributed by atoms with Crippen molar-refractivity contribution in [3.63, 3.8) is 0 Å². The van der Waals surface area contributed by atoms with Gasteiger partial charge in [0.15, 0.2) is 5.13 Å². The number of amides is 1. The largest absolute Gasteiger partial charge is 0.353 e. The molecule has 0 unspecified atom stereocenters. The molecule has 1 aliphatic carbocycles. The second-order valence-electron chi connectivity index (χ2n) is 6.12. The van der Waals surface area contributed by atoms with E-state index in [9.17, 15) is 4.79 Å². The first-order valence-corrected chi connectivity index (χ1v) is 9.11. The van der Waals surface area contributed by atoms with E-state index in [0.29, 0.717) is 6.54 Å². The minimum Gasteiger partial charge on any atom is -0.353 e. The zero-order valence-electron chi connectivity index (χ0n) is 13.4. The summed E-state index contributed by atoms with van der Waals surface area (Å²) in [7, 11) is 0. The smallest absolute Gasteiger partial charge is 0.240 e. The molecule has 1 amide bonds. The van der Waals surface area contributed by atoms with Gasteiger partial charge in [-0.05, 0) is 19.3 Å². The molecule has 0 radical (unpaired) electrons. The van der Waals surface area contributed by atoms with Crippen LogP contribution in [0.2, 0.25) is 0 Å². The van der Waals surface area contributed by atoms with Crippen LogP contribution in [0.15, 0.2) is 18.6 Å². The number of carbonyl (C=O) groups excluding carboxylic acids is 1. The van der Waals surface area contributed by atoms with Gasteiger partial charge >= 0.3 is 0 Å². The molecule has 0 atom stereocenters. The minimum absolute atomic E-state index is 0.0235. The second-order valence-corrected chi connectivity index (χ2v) is 7.20. The van der Waals surface area contributed by atoms with Gasteiger partial charge in [0, 0.05) is 43.4 Å². The molecule has 2 aromatic rings. The Bertz CT molecular complexity index is 689. The Kier molecular flexibility index (Phi) is 4.40. The van der Waals surface area contributed by atoms with E-state index < -0.39 is 0 Å². The number of nitrogens with one attached hydrogen (secondary N) is 1. The molecule has 0 bridgehead atoms. The molecule has 1 N–H and O–H groups in total. The van der Waals surface area contributed by atoms with Gasteiger partial charge in [0.05, 0.1) is 18.4 Å². The molecule has 4 rings (SSSR count). The van der Waals surface area contributed by atoms with Crippen molar-refractivity contribution >= 4 is 28.2 Å². The summed E-state index contributed by atoms with van der Waals surface area (Å²) in [5, 5.41) is 3.71. The molecule has 2 aromatic heterocycles. The predicted molar refractivity (Wildman–Crippen MR) is 93.5 cm³/mol. The Labute approximate surface area is 144 Å². The molecule has 2 aliphatic rings. The van der Waals surface area contributed by atoms with Crippen LogP contribution < -0.4 is 10.2 Å². The second kappa shape index (κ2) is 6.82. The highest BCUT2D eigenvalue weighted by atomic mass is 32.1. The van der Waals surface area contributed by atoms with Gasteiger partial charge in [-0.15, -0.1) is 11.3 Å². The lowest BCUT2D eigenvalue weighted by molar-refractivity contribution is -0.117. The molecule has 7 nitrogen and oxygen atoms in total. The topological polar surface area (TPSA) is 74.2 Å². The average Bonchev–Trinajstić information content (AvgIpc) is 3.17. The molecule has 8 heteroatoms. The fourth-order valence-corrected chi connectivity index (χ4v) is 4.26. The highest BCUT2D eigenvalue weighted by Gasteiger charge is 2.21. The summed E-state index contributed by atoms with van der Waals surface area (Å²) in [4.78, 5) is 30.9. The first kappa shape index (κ1) is 15.5. The number of thiazole rings is 1. The first-order valence-electron chi connectivity index (χ1n) is 8.30. The van der Waals surface area contributed by atoms with Crippen LogP contribution in [0.5, 0.6) is 0 Å². The van der Waals surface area contributed by atoms with Crippen LogP contribution in [0.1, 0.15) is 17.0 Å². The molecular weight excluding hydrogens is 324 g/mol. The number of aryl methyl sites for hydroxylation is 2. The molecule has 24 heavy (non-hydrogen) atoms. The van der Waals surface area contributed by atoms with Gasteiger partial charge in [-0.1, -0.05) is 0 Å². The van der Waals surface area contributed by atoms with Crippen LogP contribution in [0.3, 0.4) is 0 Å². The van der Waals surface area contributed by atoms with Crippen molar-refractivity contribution in [3.05, 3.63) is 29.2 Å². The molecule has 3 heterocycles. The number of hydrogen-bond acceptors (Lipinski definition) is 7. The number of aromatic nitrogens is 3. The number of anilines is 2. The van der Waals surface area contributed by atoms with Gasteiger partial charge in [-0.3, -0.25) is 14.7 Å². The van der Waals surface area contributed by atoms with Gasteiger partial charge in [0.2, 0.25) is 5.91 Å². The Balaban J connectivity index is 1.26. The fourth-order valence-electron chi connectivity index (χ4n) is 3.20. The van der Waals surface area contributed by atoms with E-state index in [-0.39, 0.29) is 5.91 Å². The molecule has 126 valence electrons. The molecule has 0 saturated carbocycles. The van der Waals surface area contributed by atoms with Gasteiger partial charge in [-0.2, -0.15) is 0 Å². The highest BCUT2D eigenvalue weighted by molar-refractivity contribution is 7.15. The minimum atomic E-state index is 0.0235. The number of hydrogen-bond donors (Lipinski definition) is 1. The van der Waals surface area contributed by atoms with Crippen molar-refractivity contribution < 1.29 is 4.79 Å². The van der Waals surface area contributed by atoms with E-state index in [0.717, 1.165) is 50.0 Å². The molecule has 0 aromatic carbocycles. The standard InChI is InChI=1S/C16H20N6OS/c23-15(20-16-19-12-2-1-3-13(12)24-16)11-21-6-8-22(9-7-21)14-10-17-4-5-18-14/h4-5,10H,1-3,6-9,11H2,(H,19,20,23). The van der Waals surface area contributed by atoms with Crippen LogP contribution in [0.4, 0.5) is 10.9 Å². The van der Waals surface area contributed by atoms with Crippen LogP contribution in [0.25, 0.3) is 0 Å². The maximum Gasteiger partial charge on any atom is 0.240 e. The third-order valence-electron chi connectivity index (χ3n) is 4.46. The molecular formula is C16H20N6OS. The van der Waals surface area contributed by atoms with E-state index in [4.69, 9.17) is 0 Å². The van der Waals surface area contributed by atoms with Crippen molar-refractivity contribution in [2.24, 2.45) is 0 Å². The third kappa shape index (κ3) is 3.39. The summed E-state index contributed by atoms with van der Waals surface area (Å²) in [6.07, 6.45) is 8.51. The fraction of sp³-hybridized carbons (Fsp3) is 0.500. The van der Waals surface area contributed by atoms with Crippen LogP contribution in [-0.2, 0) is 17.6 Å².